The smallest absolute Gasteiger partial charge is 0.272 e. The molecule has 0 radical (unpaired) electrons. The first-order valence-electron chi connectivity index (χ1n) is 9.59. The molecule has 8 nitrogen and oxygen atoms in total. The van der Waals surface area contributed by atoms with Crippen molar-refractivity contribution in [2.24, 2.45) is 0 Å². The second-order valence-electron chi connectivity index (χ2n) is 7.44. The third-order valence-corrected chi connectivity index (χ3v) is 5.74. The Labute approximate surface area is 177 Å². The van der Waals surface area contributed by atoms with E-state index >= 15 is 0 Å². The number of fused-ring (bicyclic) bond motifs is 2. The summed E-state index contributed by atoms with van der Waals surface area (Å²) in [7, 11) is -3.32. The van der Waals surface area contributed by atoms with Crippen molar-refractivity contribution in [3.63, 3.8) is 0 Å². The standard InChI is InChI=1S/C22H19N5O3S/c1-31(29,30)26-16-6-4-14(5-7-16)9-17-11-25-22(28)20-10-15(13-27(17)20)19-12-24-21-18(19)3-2-8-23-21/h2-8,10-13,26H,9H2,1H3,(H,23,24)(H,25,28). The Balaban J connectivity index is 1.53. The van der Waals surface area contributed by atoms with Crippen molar-refractivity contribution in [3.05, 3.63) is 88.9 Å². The van der Waals surface area contributed by atoms with Gasteiger partial charge >= 0.3 is 0 Å². The summed E-state index contributed by atoms with van der Waals surface area (Å²) in [5.74, 6) is 0. The summed E-state index contributed by atoms with van der Waals surface area (Å²) in [5.41, 5.74) is 5.49. The minimum Gasteiger partial charge on any atom is -0.346 e. The molecule has 4 heterocycles. The fourth-order valence-electron chi connectivity index (χ4n) is 3.76. The van der Waals surface area contributed by atoms with E-state index in [-0.39, 0.29) is 5.56 Å². The van der Waals surface area contributed by atoms with Crippen LogP contribution in [0.25, 0.3) is 27.7 Å². The van der Waals surface area contributed by atoms with E-state index in [0.717, 1.165) is 39.7 Å². The fourth-order valence-corrected chi connectivity index (χ4v) is 4.32. The van der Waals surface area contributed by atoms with Gasteiger partial charge in [-0.25, -0.2) is 13.4 Å². The maximum Gasteiger partial charge on any atom is 0.272 e. The van der Waals surface area contributed by atoms with Crippen LogP contribution >= 0.6 is 0 Å². The molecule has 156 valence electrons. The van der Waals surface area contributed by atoms with Crippen LogP contribution in [0.3, 0.4) is 0 Å². The molecule has 0 aliphatic rings. The van der Waals surface area contributed by atoms with Gasteiger partial charge in [0.25, 0.3) is 5.56 Å². The number of nitrogens with one attached hydrogen (secondary N) is 3. The summed E-state index contributed by atoms with van der Waals surface area (Å²) in [5, 5.41) is 0.991. The lowest BCUT2D eigenvalue weighted by atomic mass is 10.1. The fraction of sp³-hybridized carbons (Fsp3) is 0.0909. The number of rotatable bonds is 5. The number of benzene rings is 1. The van der Waals surface area contributed by atoms with Crippen molar-refractivity contribution in [1.29, 1.82) is 0 Å². The van der Waals surface area contributed by atoms with Gasteiger partial charge in [0.2, 0.25) is 10.0 Å². The number of hydrogen-bond donors (Lipinski definition) is 3. The molecule has 9 heteroatoms. The van der Waals surface area contributed by atoms with Gasteiger partial charge in [0.1, 0.15) is 11.2 Å². The number of hydrogen-bond acceptors (Lipinski definition) is 4. The molecule has 4 aromatic heterocycles. The first kappa shape index (κ1) is 19.1. The van der Waals surface area contributed by atoms with Crippen molar-refractivity contribution >= 4 is 32.3 Å². The summed E-state index contributed by atoms with van der Waals surface area (Å²) >= 11 is 0. The first-order valence-corrected chi connectivity index (χ1v) is 11.5. The Bertz CT molecular complexity index is 1580. The van der Waals surface area contributed by atoms with Crippen LogP contribution in [0.15, 0.2) is 72.0 Å². The van der Waals surface area contributed by atoms with Gasteiger partial charge in [-0.1, -0.05) is 12.1 Å². The number of sulfonamides is 1. The number of pyridine rings is 1. The number of anilines is 1. The van der Waals surface area contributed by atoms with Crippen molar-refractivity contribution in [1.82, 2.24) is 19.4 Å². The Hall–Kier alpha value is -3.85. The van der Waals surface area contributed by atoms with Crippen LogP contribution in [0, 0.1) is 0 Å². The van der Waals surface area contributed by atoms with Crippen LogP contribution in [-0.2, 0) is 16.4 Å². The average Bonchev–Trinajstić information content (AvgIpc) is 3.35. The molecule has 0 amide bonds. The number of aromatic amines is 2. The zero-order chi connectivity index (χ0) is 21.6. The molecule has 0 fully saturated rings. The predicted octanol–water partition coefficient (Wildman–Crippen LogP) is 3.13. The molecule has 0 bridgehead atoms. The van der Waals surface area contributed by atoms with E-state index in [0.29, 0.717) is 17.6 Å². The molecule has 0 unspecified atom stereocenters. The first-order chi connectivity index (χ1) is 14.9. The normalized spacial score (nSPS) is 11.9. The second kappa shape index (κ2) is 7.13. The highest BCUT2D eigenvalue weighted by molar-refractivity contribution is 7.92. The minimum absolute atomic E-state index is 0.166. The summed E-state index contributed by atoms with van der Waals surface area (Å²) < 4.78 is 27.1. The van der Waals surface area contributed by atoms with Gasteiger partial charge in [-0.15, -0.1) is 0 Å². The second-order valence-corrected chi connectivity index (χ2v) is 9.19. The molecule has 0 aliphatic heterocycles. The van der Waals surface area contributed by atoms with E-state index in [1.807, 2.05) is 47.1 Å². The Morgan fingerprint density at radius 2 is 1.90 bits per heavy atom. The van der Waals surface area contributed by atoms with E-state index in [4.69, 9.17) is 0 Å². The molecule has 3 N–H and O–H groups in total. The van der Waals surface area contributed by atoms with Crippen LogP contribution in [0.5, 0.6) is 0 Å². The van der Waals surface area contributed by atoms with Gasteiger partial charge in [0.05, 0.1) is 6.26 Å². The number of nitrogens with zero attached hydrogens (tertiary/aromatic N) is 2. The van der Waals surface area contributed by atoms with E-state index in [2.05, 4.69) is 19.7 Å². The largest absolute Gasteiger partial charge is 0.346 e. The van der Waals surface area contributed by atoms with Crippen molar-refractivity contribution in [2.75, 3.05) is 11.0 Å². The summed E-state index contributed by atoms with van der Waals surface area (Å²) in [6.45, 7) is 0. The van der Waals surface area contributed by atoms with Gasteiger partial charge in [0.15, 0.2) is 0 Å². The quantitative estimate of drug-likeness (QED) is 0.395. The summed E-state index contributed by atoms with van der Waals surface area (Å²) in [4.78, 5) is 22.8. The van der Waals surface area contributed by atoms with E-state index in [1.54, 1.807) is 24.5 Å². The Kier molecular flexibility index (Phi) is 4.40. The zero-order valence-electron chi connectivity index (χ0n) is 16.6. The lowest BCUT2D eigenvalue weighted by molar-refractivity contribution is 0.607. The van der Waals surface area contributed by atoms with Crippen molar-refractivity contribution in [3.8, 4) is 11.1 Å². The maximum atomic E-state index is 12.4. The number of aromatic nitrogens is 4. The van der Waals surface area contributed by atoms with Crippen molar-refractivity contribution < 1.29 is 8.42 Å². The molecule has 5 aromatic rings. The monoisotopic (exact) mass is 433 g/mol. The topological polar surface area (TPSA) is 112 Å². The molecule has 31 heavy (non-hydrogen) atoms. The molecule has 0 atom stereocenters. The SMILES string of the molecule is CS(=O)(=O)Nc1ccc(Cc2c[nH]c(=O)c3cc(-c4c[nH]c5ncccc45)cn23)cc1. The third-order valence-electron chi connectivity index (χ3n) is 5.14. The molecule has 0 aliphatic carbocycles. The Morgan fingerprint density at radius 1 is 1.10 bits per heavy atom. The zero-order valence-corrected chi connectivity index (χ0v) is 17.4. The summed E-state index contributed by atoms with van der Waals surface area (Å²) in [6, 6.07) is 12.9. The molecular formula is C22H19N5O3S. The third kappa shape index (κ3) is 3.71. The number of H-pyrrole nitrogens is 2. The van der Waals surface area contributed by atoms with E-state index in [1.165, 1.54) is 0 Å². The predicted molar refractivity (Wildman–Crippen MR) is 121 cm³/mol. The maximum absolute atomic E-state index is 12.4. The van der Waals surface area contributed by atoms with Crippen molar-refractivity contribution in [2.45, 2.75) is 6.42 Å². The minimum atomic E-state index is -3.32. The molecular weight excluding hydrogens is 414 g/mol. The van der Waals surface area contributed by atoms with E-state index in [9.17, 15) is 13.2 Å². The average molecular weight is 433 g/mol. The van der Waals surface area contributed by atoms with Gasteiger partial charge in [-0.3, -0.25) is 9.52 Å². The van der Waals surface area contributed by atoms with Gasteiger partial charge in [-0.2, -0.15) is 0 Å². The molecule has 0 saturated heterocycles. The molecule has 5 rings (SSSR count). The lowest BCUT2D eigenvalue weighted by Gasteiger charge is -2.08. The Morgan fingerprint density at radius 3 is 2.68 bits per heavy atom. The van der Waals surface area contributed by atoms with Crippen LogP contribution < -0.4 is 10.3 Å². The lowest BCUT2D eigenvalue weighted by Crippen LogP contribution is -2.12. The van der Waals surface area contributed by atoms with Gasteiger partial charge < -0.3 is 14.4 Å². The van der Waals surface area contributed by atoms with E-state index < -0.39 is 10.0 Å². The van der Waals surface area contributed by atoms with Gasteiger partial charge in [-0.05, 0) is 35.9 Å². The highest BCUT2D eigenvalue weighted by Crippen LogP contribution is 2.29. The molecule has 0 spiro atoms. The van der Waals surface area contributed by atoms with Crippen LogP contribution in [-0.4, -0.2) is 34.0 Å². The summed E-state index contributed by atoms with van der Waals surface area (Å²) in [6.07, 6.45) is 8.97. The molecule has 1 aromatic carbocycles. The highest BCUT2D eigenvalue weighted by Gasteiger charge is 2.13. The van der Waals surface area contributed by atoms with Crippen LogP contribution in [0.2, 0.25) is 0 Å². The van der Waals surface area contributed by atoms with Crippen LogP contribution in [0.4, 0.5) is 5.69 Å². The van der Waals surface area contributed by atoms with Crippen LogP contribution in [0.1, 0.15) is 11.3 Å². The highest BCUT2D eigenvalue weighted by atomic mass is 32.2. The van der Waals surface area contributed by atoms with Gasteiger partial charge in [0, 0.05) is 59.1 Å². The molecule has 0 saturated carbocycles.